The first-order valence-corrected chi connectivity index (χ1v) is 9.86. The summed E-state index contributed by atoms with van der Waals surface area (Å²) in [6.45, 7) is 3.78. The Hall–Kier alpha value is -2.70. The van der Waals surface area contributed by atoms with E-state index in [1.807, 2.05) is 18.2 Å². The number of Topliss-reactive ketones (excluding diaryl/α,β-unsaturated/α-hetero) is 1. The quantitative estimate of drug-likeness (QED) is 0.703. The first-order valence-electron chi connectivity index (χ1n) is 9.86. The fourth-order valence-electron chi connectivity index (χ4n) is 3.70. The fraction of sp³-hybridized carbons (Fsp3) is 0.391. The van der Waals surface area contributed by atoms with E-state index in [1.54, 1.807) is 18.2 Å². The predicted octanol–water partition coefficient (Wildman–Crippen LogP) is 3.25. The zero-order valence-corrected chi connectivity index (χ0v) is 17.0. The van der Waals surface area contributed by atoms with Crippen LogP contribution in [0.3, 0.4) is 0 Å². The van der Waals surface area contributed by atoms with E-state index in [2.05, 4.69) is 22.3 Å². The lowest BCUT2D eigenvalue weighted by atomic mass is 9.85. The van der Waals surface area contributed by atoms with Crippen molar-refractivity contribution in [2.24, 2.45) is 0 Å². The van der Waals surface area contributed by atoms with Gasteiger partial charge >= 0.3 is 0 Å². The fourth-order valence-corrected chi connectivity index (χ4v) is 3.70. The summed E-state index contributed by atoms with van der Waals surface area (Å²) in [5.74, 6) is 0.0892. The summed E-state index contributed by atoms with van der Waals surface area (Å²) in [5, 5.41) is 13.6. The normalized spacial score (nSPS) is 16.2. The number of ether oxygens (including phenoxy) is 1. The smallest absolute Gasteiger partial charge is 0.221 e. The summed E-state index contributed by atoms with van der Waals surface area (Å²) in [5.41, 5.74) is 1.24. The molecule has 2 aromatic rings. The van der Waals surface area contributed by atoms with E-state index in [1.165, 1.54) is 19.6 Å². The molecule has 1 aliphatic heterocycles. The Morgan fingerprint density at radius 1 is 1.14 bits per heavy atom. The Morgan fingerprint density at radius 3 is 2.45 bits per heavy atom. The third-order valence-electron chi connectivity index (χ3n) is 5.36. The highest BCUT2D eigenvalue weighted by Crippen LogP contribution is 2.30. The van der Waals surface area contributed by atoms with Gasteiger partial charge in [0.2, 0.25) is 5.91 Å². The lowest BCUT2D eigenvalue weighted by Gasteiger charge is -2.38. The van der Waals surface area contributed by atoms with Crippen LogP contribution >= 0.6 is 0 Å². The van der Waals surface area contributed by atoms with Crippen LogP contribution in [0.15, 0.2) is 48.5 Å². The van der Waals surface area contributed by atoms with Crippen LogP contribution in [0.2, 0.25) is 0 Å². The topological polar surface area (TPSA) is 78.9 Å². The molecular formula is C23H28N2O4. The molecular weight excluding hydrogens is 368 g/mol. The second-order valence-corrected chi connectivity index (χ2v) is 7.68. The number of amides is 1. The van der Waals surface area contributed by atoms with Crippen molar-refractivity contribution in [2.45, 2.75) is 38.3 Å². The highest BCUT2D eigenvalue weighted by molar-refractivity contribution is 5.98. The minimum Gasteiger partial charge on any atom is -0.495 e. The van der Waals surface area contributed by atoms with Crippen LogP contribution in [0.4, 0.5) is 5.69 Å². The third-order valence-corrected chi connectivity index (χ3v) is 5.36. The van der Waals surface area contributed by atoms with E-state index in [9.17, 15) is 14.7 Å². The maximum Gasteiger partial charge on any atom is 0.221 e. The van der Waals surface area contributed by atoms with Crippen molar-refractivity contribution in [1.82, 2.24) is 4.90 Å². The molecule has 6 nitrogen and oxygen atoms in total. The molecule has 2 aromatic carbocycles. The summed E-state index contributed by atoms with van der Waals surface area (Å²) >= 11 is 0. The number of ketones is 1. The molecule has 1 saturated heterocycles. The highest BCUT2D eigenvalue weighted by Gasteiger charge is 2.34. The van der Waals surface area contributed by atoms with Gasteiger partial charge in [-0.25, -0.2) is 0 Å². The van der Waals surface area contributed by atoms with E-state index in [-0.39, 0.29) is 18.1 Å². The van der Waals surface area contributed by atoms with Crippen molar-refractivity contribution in [3.8, 4) is 5.75 Å². The molecule has 2 N–H and O–H groups in total. The van der Waals surface area contributed by atoms with Gasteiger partial charge in [-0.05, 0) is 36.6 Å². The van der Waals surface area contributed by atoms with E-state index < -0.39 is 5.60 Å². The number of rotatable bonds is 7. The summed E-state index contributed by atoms with van der Waals surface area (Å²) in [6, 6.07) is 15.2. The number of hydrogen-bond donors (Lipinski definition) is 2. The summed E-state index contributed by atoms with van der Waals surface area (Å²) < 4.78 is 5.29. The van der Waals surface area contributed by atoms with E-state index in [0.29, 0.717) is 29.8 Å². The summed E-state index contributed by atoms with van der Waals surface area (Å²) in [6.07, 6.45) is 1.20. The number of carbonyl (C=O) groups is 2. The first kappa shape index (κ1) is 21.0. The van der Waals surface area contributed by atoms with Gasteiger partial charge in [0, 0.05) is 38.5 Å². The van der Waals surface area contributed by atoms with E-state index in [0.717, 1.165) is 19.6 Å². The first-order chi connectivity index (χ1) is 13.9. The number of hydrogen-bond acceptors (Lipinski definition) is 5. The molecule has 29 heavy (non-hydrogen) atoms. The van der Waals surface area contributed by atoms with Gasteiger partial charge < -0.3 is 15.2 Å². The number of nitrogens with zero attached hydrogens (tertiary/aromatic N) is 1. The lowest BCUT2D eigenvalue weighted by molar-refractivity contribution is -0.114. The maximum absolute atomic E-state index is 12.8. The molecule has 1 fully saturated rings. The maximum atomic E-state index is 12.8. The third kappa shape index (κ3) is 5.65. The largest absolute Gasteiger partial charge is 0.495 e. The molecule has 0 aromatic heterocycles. The van der Waals surface area contributed by atoms with Crippen LogP contribution in [-0.2, 0) is 11.3 Å². The van der Waals surface area contributed by atoms with Gasteiger partial charge in [0.1, 0.15) is 5.75 Å². The minimum absolute atomic E-state index is 0.0782. The molecule has 1 aliphatic rings. The molecule has 0 radical (unpaired) electrons. The molecule has 1 heterocycles. The van der Waals surface area contributed by atoms with Gasteiger partial charge in [-0.15, -0.1) is 0 Å². The predicted molar refractivity (Wildman–Crippen MR) is 112 cm³/mol. The van der Waals surface area contributed by atoms with Gasteiger partial charge in [-0.2, -0.15) is 0 Å². The van der Waals surface area contributed by atoms with Gasteiger partial charge in [0.25, 0.3) is 0 Å². The van der Waals surface area contributed by atoms with Crippen LogP contribution in [0.1, 0.15) is 42.1 Å². The van der Waals surface area contributed by atoms with Gasteiger partial charge in [0.15, 0.2) is 5.78 Å². The zero-order chi connectivity index (χ0) is 20.9. The SMILES string of the molecule is COc1cc(C(=O)CC2(O)CCN(Cc3ccccc3)CC2)ccc1NC(C)=O. The zero-order valence-electron chi connectivity index (χ0n) is 17.0. The number of piperidine rings is 1. The Morgan fingerprint density at radius 2 is 1.83 bits per heavy atom. The number of aliphatic hydroxyl groups is 1. The van der Waals surface area contributed by atoms with Crippen molar-refractivity contribution in [2.75, 3.05) is 25.5 Å². The molecule has 0 unspecified atom stereocenters. The highest BCUT2D eigenvalue weighted by atomic mass is 16.5. The number of nitrogens with one attached hydrogen (secondary N) is 1. The van der Waals surface area contributed by atoms with Crippen LogP contribution in [0.25, 0.3) is 0 Å². The van der Waals surface area contributed by atoms with Crippen molar-refractivity contribution in [3.63, 3.8) is 0 Å². The Balaban J connectivity index is 1.59. The minimum atomic E-state index is -0.992. The molecule has 1 amide bonds. The molecule has 0 saturated carbocycles. The van der Waals surface area contributed by atoms with Crippen molar-refractivity contribution >= 4 is 17.4 Å². The molecule has 6 heteroatoms. The number of methoxy groups -OCH3 is 1. The standard InChI is InChI=1S/C23H28N2O4/c1-17(26)24-20-9-8-19(14-22(20)29-2)21(27)15-23(28)10-12-25(13-11-23)16-18-6-4-3-5-7-18/h3-9,14,28H,10-13,15-16H2,1-2H3,(H,24,26). The van der Waals surface area contributed by atoms with Crippen LogP contribution in [0, 0.1) is 0 Å². The molecule has 0 spiro atoms. The molecule has 0 bridgehead atoms. The Labute approximate surface area is 171 Å². The van der Waals surface area contributed by atoms with Crippen molar-refractivity contribution in [3.05, 3.63) is 59.7 Å². The van der Waals surface area contributed by atoms with Gasteiger partial charge in [-0.1, -0.05) is 30.3 Å². The summed E-state index contributed by atoms with van der Waals surface area (Å²) in [4.78, 5) is 26.4. The van der Waals surface area contributed by atoms with E-state index >= 15 is 0 Å². The number of anilines is 1. The summed E-state index contributed by atoms with van der Waals surface area (Å²) in [7, 11) is 1.49. The molecule has 0 aliphatic carbocycles. The number of carbonyl (C=O) groups excluding carboxylic acids is 2. The second kappa shape index (κ2) is 9.20. The Kier molecular flexibility index (Phi) is 6.67. The number of likely N-dealkylation sites (tertiary alicyclic amines) is 1. The average molecular weight is 396 g/mol. The van der Waals surface area contributed by atoms with Crippen LogP contribution < -0.4 is 10.1 Å². The Bertz CT molecular complexity index is 858. The monoisotopic (exact) mass is 396 g/mol. The van der Waals surface area contributed by atoms with Crippen LogP contribution in [0.5, 0.6) is 5.75 Å². The molecule has 0 atom stereocenters. The van der Waals surface area contributed by atoms with Gasteiger partial charge in [-0.3, -0.25) is 14.5 Å². The average Bonchev–Trinajstić information content (AvgIpc) is 2.70. The number of benzene rings is 2. The van der Waals surface area contributed by atoms with Crippen LogP contribution in [-0.4, -0.2) is 47.5 Å². The molecule has 154 valence electrons. The van der Waals surface area contributed by atoms with Crippen molar-refractivity contribution in [1.29, 1.82) is 0 Å². The second-order valence-electron chi connectivity index (χ2n) is 7.68. The molecule has 3 rings (SSSR count). The van der Waals surface area contributed by atoms with Crippen molar-refractivity contribution < 1.29 is 19.4 Å². The lowest BCUT2D eigenvalue weighted by Crippen LogP contribution is -2.45. The van der Waals surface area contributed by atoms with E-state index in [4.69, 9.17) is 4.74 Å². The van der Waals surface area contributed by atoms with Gasteiger partial charge in [0.05, 0.1) is 18.4 Å².